The summed E-state index contributed by atoms with van der Waals surface area (Å²) in [6, 6.07) is 10.8. The van der Waals surface area contributed by atoms with Crippen molar-refractivity contribution in [2.24, 2.45) is 11.8 Å². The number of aromatic nitrogens is 1. The molecule has 0 aliphatic carbocycles. The highest BCUT2D eigenvalue weighted by Gasteiger charge is 2.41. The predicted molar refractivity (Wildman–Crippen MR) is 74.7 cm³/mol. The van der Waals surface area contributed by atoms with E-state index in [1.807, 2.05) is 0 Å². The number of nitrogens with zero attached hydrogens (tertiary/aromatic N) is 1. The minimum atomic E-state index is 0.153. The van der Waals surface area contributed by atoms with Crippen molar-refractivity contribution in [3.63, 3.8) is 0 Å². The van der Waals surface area contributed by atoms with E-state index in [0.29, 0.717) is 18.3 Å². The van der Waals surface area contributed by atoms with Crippen LogP contribution >= 0.6 is 0 Å². The summed E-state index contributed by atoms with van der Waals surface area (Å²) in [6.45, 7) is 2.23. The molecule has 1 saturated heterocycles. The average Bonchev–Trinajstić information content (AvgIpc) is 2.75. The number of nitrogens with one attached hydrogen (secondary N) is 1. The van der Waals surface area contributed by atoms with Crippen molar-refractivity contribution < 1.29 is 4.79 Å². The molecule has 2 aromatic rings. The lowest BCUT2D eigenvalue weighted by atomic mass is 9.76. The Morgan fingerprint density at radius 1 is 1.32 bits per heavy atom. The van der Waals surface area contributed by atoms with E-state index in [9.17, 15) is 4.79 Å². The Labute approximate surface area is 112 Å². The molecule has 1 aromatic heterocycles. The van der Waals surface area contributed by atoms with Gasteiger partial charge in [0.1, 0.15) is 6.17 Å². The van der Waals surface area contributed by atoms with Crippen LogP contribution < -0.4 is 5.32 Å². The highest BCUT2D eigenvalue weighted by molar-refractivity contribution is 5.83. The third kappa shape index (κ3) is 1.47. The maximum atomic E-state index is 11.9. The van der Waals surface area contributed by atoms with Crippen molar-refractivity contribution in [3.8, 4) is 0 Å². The topological polar surface area (TPSA) is 34.0 Å². The molecule has 0 radical (unpaired) electrons. The van der Waals surface area contributed by atoms with E-state index in [-0.39, 0.29) is 12.1 Å². The number of para-hydroxylation sites is 1. The molecule has 0 spiro atoms. The molecule has 98 valence electrons. The van der Waals surface area contributed by atoms with Crippen LogP contribution in [0.2, 0.25) is 0 Å². The minimum absolute atomic E-state index is 0.153. The number of benzene rings is 1. The number of amides is 1. The van der Waals surface area contributed by atoms with E-state index in [0.717, 1.165) is 12.8 Å². The van der Waals surface area contributed by atoms with Gasteiger partial charge in [-0.25, -0.2) is 0 Å². The lowest BCUT2D eigenvalue weighted by Crippen LogP contribution is -2.50. The summed E-state index contributed by atoms with van der Waals surface area (Å²) in [5.41, 5.74) is 2.63. The van der Waals surface area contributed by atoms with E-state index in [4.69, 9.17) is 0 Å². The Morgan fingerprint density at radius 2 is 2.16 bits per heavy atom. The summed E-state index contributed by atoms with van der Waals surface area (Å²) in [5.74, 6) is 1.30. The Hall–Kier alpha value is -1.77. The van der Waals surface area contributed by atoms with E-state index >= 15 is 0 Å². The molecule has 3 nitrogen and oxygen atoms in total. The van der Waals surface area contributed by atoms with Crippen LogP contribution in [0.15, 0.2) is 30.3 Å². The molecule has 19 heavy (non-hydrogen) atoms. The van der Waals surface area contributed by atoms with E-state index in [1.54, 1.807) is 0 Å². The zero-order valence-electron chi connectivity index (χ0n) is 11.1. The van der Waals surface area contributed by atoms with E-state index in [1.165, 1.54) is 16.6 Å². The van der Waals surface area contributed by atoms with Gasteiger partial charge in [-0.05, 0) is 36.3 Å². The summed E-state index contributed by atoms with van der Waals surface area (Å²) in [5, 5.41) is 4.49. The normalized spacial score (nSPS) is 29.1. The highest BCUT2D eigenvalue weighted by Crippen LogP contribution is 2.42. The van der Waals surface area contributed by atoms with Crippen LogP contribution in [0.3, 0.4) is 0 Å². The van der Waals surface area contributed by atoms with Crippen LogP contribution in [-0.2, 0) is 11.2 Å². The van der Waals surface area contributed by atoms with Gasteiger partial charge in [-0.2, -0.15) is 0 Å². The van der Waals surface area contributed by atoms with Crippen LogP contribution in [-0.4, -0.2) is 10.5 Å². The lowest BCUT2D eigenvalue weighted by molar-refractivity contribution is -0.128. The van der Waals surface area contributed by atoms with Gasteiger partial charge >= 0.3 is 0 Å². The minimum Gasteiger partial charge on any atom is -0.335 e. The third-order valence-electron chi connectivity index (χ3n) is 4.82. The summed E-state index contributed by atoms with van der Waals surface area (Å²) < 4.78 is 2.36. The van der Waals surface area contributed by atoms with Gasteiger partial charge in [0.05, 0.1) is 5.52 Å². The predicted octanol–water partition coefficient (Wildman–Crippen LogP) is 2.86. The van der Waals surface area contributed by atoms with Crippen molar-refractivity contribution in [2.45, 2.75) is 32.4 Å². The number of fused-ring (bicyclic) bond motifs is 6. The van der Waals surface area contributed by atoms with Crippen molar-refractivity contribution in [1.82, 2.24) is 9.88 Å². The number of carbonyl (C=O) groups excluding carboxylic acids is 1. The molecule has 1 amide bonds. The summed E-state index contributed by atoms with van der Waals surface area (Å²) in [7, 11) is 0. The van der Waals surface area contributed by atoms with Gasteiger partial charge in [0, 0.05) is 18.0 Å². The van der Waals surface area contributed by atoms with Gasteiger partial charge in [0.15, 0.2) is 0 Å². The molecule has 1 aromatic carbocycles. The zero-order chi connectivity index (χ0) is 13.0. The van der Waals surface area contributed by atoms with Gasteiger partial charge in [-0.1, -0.05) is 25.1 Å². The largest absolute Gasteiger partial charge is 0.335 e. The Bertz CT molecular complexity index is 658. The Morgan fingerprint density at radius 3 is 3.00 bits per heavy atom. The molecule has 3 atom stereocenters. The first kappa shape index (κ1) is 11.1. The zero-order valence-corrected chi connectivity index (χ0v) is 11.1. The van der Waals surface area contributed by atoms with Crippen molar-refractivity contribution in [3.05, 3.63) is 36.0 Å². The molecule has 4 rings (SSSR count). The quantitative estimate of drug-likeness (QED) is 0.834. The number of rotatable bonds is 1. The standard InChI is InChI=1S/C16H18N2O/c1-2-13-11-8-12-7-10-5-3-4-6-14(10)18(12)16(13)17-15(19)9-11/h3-7,11,13,16H,2,8-9H2,1H3,(H,17,19)/t11-,13-,16-/m0/s1. The first-order chi connectivity index (χ1) is 9.28. The second-order valence-electron chi connectivity index (χ2n) is 5.82. The van der Waals surface area contributed by atoms with Crippen LogP contribution in [0.4, 0.5) is 0 Å². The smallest absolute Gasteiger partial charge is 0.221 e. The SMILES string of the molecule is CC[C@H]1[C@@H]2CC(=O)N[C@H]1n1c(cc3ccccc31)C2. The van der Waals surface area contributed by atoms with Crippen LogP contribution in [0.1, 0.15) is 31.6 Å². The second kappa shape index (κ2) is 3.86. The van der Waals surface area contributed by atoms with Gasteiger partial charge in [-0.3, -0.25) is 4.79 Å². The number of hydrogen-bond acceptors (Lipinski definition) is 1. The number of carbonyl (C=O) groups is 1. The molecule has 2 bridgehead atoms. The first-order valence-electron chi connectivity index (χ1n) is 7.16. The van der Waals surface area contributed by atoms with Gasteiger partial charge in [0.2, 0.25) is 5.91 Å². The van der Waals surface area contributed by atoms with E-state index < -0.39 is 0 Å². The summed E-state index contributed by atoms with van der Waals surface area (Å²) in [4.78, 5) is 11.9. The van der Waals surface area contributed by atoms with E-state index in [2.05, 4.69) is 47.1 Å². The monoisotopic (exact) mass is 254 g/mol. The van der Waals surface area contributed by atoms with Crippen LogP contribution in [0, 0.1) is 11.8 Å². The fourth-order valence-corrected chi connectivity index (χ4v) is 4.00. The van der Waals surface area contributed by atoms with Crippen LogP contribution in [0.25, 0.3) is 10.9 Å². The van der Waals surface area contributed by atoms with Crippen molar-refractivity contribution in [1.29, 1.82) is 0 Å². The summed E-state index contributed by atoms with van der Waals surface area (Å²) >= 11 is 0. The molecule has 3 heteroatoms. The average molecular weight is 254 g/mol. The number of hydrogen-bond donors (Lipinski definition) is 1. The third-order valence-corrected chi connectivity index (χ3v) is 4.82. The molecule has 0 unspecified atom stereocenters. The second-order valence-corrected chi connectivity index (χ2v) is 5.82. The van der Waals surface area contributed by atoms with Gasteiger partial charge in [-0.15, -0.1) is 0 Å². The van der Waals surface area contributed by atoms with Crippen LogP contribution in [0.5, 0.6) is 0 Å². The first-order valence-corrected chi connectivity index (χ1v) is 7.16. The maximum Gasteiger partial charge on any atom is 0.221 e. The Kier molecular flexibility index (Phi) is 2.25. The van der Waals surface area contributed by atoms with Gasteiger partial charge < -0.3 is 9.88 Å². The molecular weight excluding hydrogens is 236 g/mol. The number of piperidine rings is 1. The summed E-state index contributed by atoms with van der Waals surface area (Å²) in [6.07, 6.45) is 3.01. The molecule has 3 heterocycles. The molecule has 2 aliphatic rings. The molecule has 1 fully saturated rings. The lowest BCUT2D eigenvalue weighted by Gasteiger charge is -2.44. The van der Waals surface area contributed by atoms with Crippen molar-refractivity contribution >= 4 is 16.8 Å². The Balaban J connectivity index is 1.95. The van der Waals surface area contributed by atoms with Crippen molar-refractivity contribution in [2.75, 3.05) is 0 Å². The van der Waals surface area contributed by atoms with Gasteiger partial charge in [0.25, 0.3) is 0 Å². The fraction of sp³-hybridized carbons (Fsp3) is 0.438. The molecule has 0 saturated carbocycles. The maximum absolute atomic E-state index is 11.9. The fourth-order valence-electron chi connectivity index (χ4n) is 4.00. The molecule has 2 aliphatic heterocycles. The highest BCUT2D eigenvalue weighted by atomic mass is 16.1. The molecule has 1 N–H and O–H groups in total. The molecular formula is C16H18N2O.